The largest absolute Gasteiger partial charge is 0.487 e. The first-order valence-electron chi connectivity index (χ1n) is 6.42. The lowest BCUT2D eigenvalue weighted by Crippen LogP contribution is -2.19. The molecule has 106 valence electrons. The summed E-state index contributed by atoms with van der Waals surface area (Å²) < 4.78 is 5.25. The second-order valence-electron chi connectivity index (χ2n) is 4.17. The van der Waals surface area contributed by atoms with E-state index in [9.17, 15) is 15.2 Å². The number of hydrogen-bond acceptors (Lipinski definition) is 5. The van der Waals surface area contributed by atoms with E-state index in [1.807, 2.05) is 6.92 Å². The van der Waals surface area contributed by atoms with E-state index in [1.54, 1.807) is 25.1 Å². The Labute approximate surface area is 112 Å². The predicted octanol–water partition coefficient (Wildman–Crippen LogP) is 2.57. The quantitative estimate of drug-likeness (QED) is 0.559. The molecule has 1 unspecified atom stereocenters. The summed E-state index contributed by atoms with van der Waals surface area (Å²) in [6.45, 7) is 4.39. The molecular formula is C13H20N2O4. The summed E-state index contributed by atoms with van der Waals surface area (Å²) >= 11 is 0. The minimum Gasteiger partial charge on any atom is -0.487 e. The van der Waals surface area contributed by atoms with Crippen LogP contribution in [0.25, 0.3) is 0 Å². The van der Waals surface area contributed by atoms with Crippen LogP contribution >= 0.6 is 0 Å². The molecular weight excluding hydrogens is 248 g/mol. The number of nitro groups is 1. The smallest absolute Gasteiger partial charge is 0.333 e. The van der Waals surface area contributed by atoms with Crippen LogP contribution in [-0.2, 0) is 0 Å². The summed E-state index contributed by atoms with van der Waals surface area (Å²) in [7, 11) is 0. The fraction of sp³-hybridized carbons (Fsp3) is 0.538. The second-order valence-corrected chi connectivity index (χ2v) is 4.17. The molecule has 0 aromatic heterocycles. The Morgan fingerprint density at radius 2 is 2.21 bits per heavy atom. The Bertz CT molecular complexity index is 423. The second kappa shape index (κ2) is 7.58. The number of nitrogens with one attached hydrogen (secondary N) is 1. The number of aliphatic hydroxyl groups excluding tert-OH is 1. The van der Waals surface area contributed by atoms with E-state index >= 15 is 0 Å². The number of hydrogen-bond donors (Lipinski definition) is 2. The Balaban J connectivity index is 2.87. The number of rotatable bonds is 8. The standard InChI is InChI=1S/C13H20N2O4/c1-3-6-10(16)9-14-11-7-5-8-12(19-4-2)13(11)15(17)18/h5,7-8,10,14,16H,3-4,6,9H2,1-2H3. The van der Waals surface area contributed by atoms with E-state index in [2.05, 4.69) is 5.32 Å². The maximum atomic E-state index is 11.1. The highest BCUT2D eigenvalue weighted by atomic mass is 16.6. The van der Waals surface area contributed by atoms with E-state index in [0.29, 0.717) is 18.7 Å². The molecule has 0 aliphatic heterocycles. The van der Waals surface area contributed by atoms with E-state index < -0.39 is 11.0 Å². The highest BCUT2D eigenvalue weighted by Gasteiger charge is 2.21. The summed E-state index contributed by atoms with van der Waals surface area (Å²) in [5.74, 6) is 0.238. The van der Waals surface area contributed by atoms with Crippen LogP contribution in [-0.4, -0.2) is 29.3 Å². The van der Waals surface area contributed by atoms with Crippen molar-refractivity contribution >= 4 is 11.4 Å². The topological polar surface area (TPSA) is 84.6 Å². The number of nitrogens with zero attached hydrogens (tertiary/aromatic N) is 1. The zero-order valence-corrected chi connectivity index (χ0v) is 11.3. The SMILES string of the molecule is CCCC(O)CNc1cccc(OCC)c1[N+](=O)[O-]. The van der Waals surface area contributed by atoms with Gasteiger partial charge in [-0.05, 0) is 25.5 Å². The third-order valence-electron chi connectivity index (χ3n) is 2.63. The van der Waals surface area contributed by atoms with Crippen molar-refractivity contribution in [2.24, 2.45) is 0 Å². The molecule has 0 fully saturated rings. The van der Waals surface area contributed by atoms with Crippen LogP contribution in [0.2, 0.25) is 0 Å². The lowest BCUT2D eigenvalue weighted by Gasteiger charge is -2.13. The van der Waals surface area contributed by atoms with Crippen molar-refractivity contribution in [1.29, 1.82) is 0 Å². The fourth-order valence-electron chi connectivity index (χ4n) is 1.79. The van der Waals surface area contributed by atoms with Gasteiger partial charge in [-0.25, -0.2) is 0 Å². The monoisotopic (exact) mass is 268 g/mol. The van der Waals surface area contributed by atoms with Crippen molar-refractivity contribution in [2.75, 3.05) is 18.5 Å². The van der Waals surface area contributed by atoms with Gasteiger partial charge in [0.2, 0.25) is 0 Å². The zero-order valence-electron chi connectivity index (χ0n) is 11.3. The maximum absolute atomic E-state index is 11.1. The molecule has 2 N–H and O–H groups in total. The van der Waals surface area contributed by atoms with Gasteiger partial charge in [-0.15, -0.1) is 0 Å². The van der Waals surface area contributed by atoms with Crippen molar-refractivity contribution in [3.63, 3.8) is 0 Å². The van der Waals surface area contributed by atoms with Gasteiger partial charge in [0.25, 0.3) is 0 Å². The third-order valence-corrected chi connectivity index (χ3v) is 2.63. The Hall–Kier alpha value is -1.82. The lowest BCUT2D eigenvalue weighted by molar-refractivity contribution is -0.384. The van der Waals surface area contributed by atoms with Gasteiger partial charge in [-0.3, -0.25) is 10.1 Å². The molecule has 0 bridgehead atoms. The number of aliphatic hydroxyl groups is 1. The van der Waals surface area contributed by atoms with Crippen molar-refractivity contribution in [1.82, 2.24) is 0 Å². The fourth-order valence-corrected chi connectivity index (χ4v) is 1.79. The van der Waals surface area contributed by atoms with Crippen LogP contribution in [0.15, 0.2) is 18.2 Å². The van der Waals surface area contributed by atoms with Gasteiger partial charge >= 0.3 is 5.69 Å². The first-order chi connectivity index (χ1) is 9.10. The van der Waals surface area contributed by atoms with Crippen LogP contribution < -0.4 is 10.1 Å². The van der Waals surface area contributed by atoms with Gasteiger partial charge in [-0.1, -0.05) is 19.4 Å². The summed E-state index contributed by atoms with van der Waals surface area (Å²) in [5, 5.41) is 23.7. The third kappa shape index (κ3) is 4.40. The number of ether oxygens (including phenoxy) is 1. The molecule has 0 saturated carbocycles. The molecule has 19 heavy (non-hydrogen) atoms. The molecule has 0 spiro atoms. The average Bonchev–Trinajstić information content (AvgIpc) is 2.37. The molecule has 6 nitrogen and oxygen atoms in total. The first kappa shape index (κ1) is 15.2. The minimum absolute atomic E-state index is 0.0898. The molecule has 0 amide bonds. The molecule has 0 heterocycles. The molecule has 1 aromatic carbocycles. The van der Waals surface area contributed by atoms with Gasteiger partial charge in [0.15, 0.2) is 5.75 Å². The van der Waals surface area contributed by atoms with E-state index in [4.69, 9.17) is 4.74 Å². The maximum Gasteiger partial charge on any atom is 0.333 e. The minimum atomic E-state index is -0.514. The van der Waals surface area contributed by atoms with E-state index in [0.717, 1.165) is 6.42 Å². The Morgan fingerprint density at radius 1 is 1.47 bits per heavy atom. The molecule has 0 aliphatic carbocycles. The molecule has 1 atom stereocenters. The van der Waals surface area contributed by atoms with Gasteiger partial charge in [0.05, 0.1) is 17.6 Å². The normalized spacial score (nSPS) is 11.9. The number of anilines is 1. The Kier molecular flexibility index (Phi) is 6.08. The van der Waals surface area contributed by atoms with Crippen LogP contribution in [0.4, 0.5) is 11.4 Å². The van der Waals surface area contributed by atoms with Crippen molar-refractivity contribution in [2.45, 2.75) is 32.8 Å². The summed E-state index contributed by atoms with van der Waals surface area (Å²) in [5.41, 5.74) is 0.277. The van der Waals surface area contributed by atoms with Crippen molar-refractivity contribution in [3.05, 3.63) is 28.3 Å². The van der Waals surface area contributed by atoms with Crippen LogP contribution in [0.5, 0.6) is 5.75 Å². The highest BCUT2D eigenvalue weighted by molar-refractivity contribution is 5.68. The van der Waals surface area contributed by atoms with Crippen molar-refractivity contribution in [3.8, 4) is 5.75 Å². The van der Waals surface area contributed by atoms with Gasteiger partial charge in [0, 0.05) is 6.54 Å². The van der Waals surface area contributed by atoms with Gasteiger partial charge < -0.3 is 15.2 Å². The zero-order chi connectivity index (χ0) is 14.3. The molecule has 0 radical (unpaired) electrons. The summed E-state index contributed by atoms with van der Waals surface area (Å²) in [6.07, 6.45) is 1.01. The molecule has 0 saturated heterocycles. The average molecular weight is 268 g/mol. The van der Waals surface area contributed by atoms with Crippen LogP contribution in [0.1, 0.15) is 26.7 Å². The number of benzene rings is 1. The van der Waals surface area contributed by atoms with Crippen molar-refractivity contribution < 1.29 is 14.8 Å². The Morgan fingerprint density at radius 3 is 2.79 bits per heavy atom. The first-order valence-corrected chi connectivity index (χ1v) is 6.42. The number of nitro benzene ring substituents is 1. The van der Waals surface area contributed by atoms with E-state index in [-0.39, 0.29) is 18.0 Å². The highest BCUT2D eigenvalue weighted by Crippen LogP contribution is 2.34. The van der Waals surface area contributed by atoms with Gasteiger partial charge in [0.1, 0.15) is 5.69 Å². The van der Waals surface area contributed by atoms with Gasteiger partial charge in [-0.2, -0.15) is 0 Å². The molecule has 1 aromatic rings. The predicted molar refractivity (Wildman–Crippen MR) is 73.7 cm³/mol. The number of para-hydroxylation sites is 1. The van der Waals surface area contributed by atoms with Crippen LogP contribution in [0.3, 0.4) is 0 Å². The lowest BCUT2D eigenvalue weighted by atomic mass is 10.2. The van der Waals surface area contributed by atoms with Crippen LogP contribution in [0, 0.1) is 10.1 Å². The molecule has 1 rings (SSSR count). The van der Waals surface area contributed by atoms with E-state index in [1.165, 1.54) is 0 Å². The summed E-state index contributed by atoms with van der Waals surface area (Å²) in [6, 6.07) is 4.86. The molecule has 6 heteroatoms. The molecule has 0 aliphatic rings. The summed E-state index contributed by atoms with van der Waals surface area (Å²) in [4.78, 5) is 10.6.